The number of para-hydroxylation sites is 1. The first-order valence-electron chi connectivity index (χ1n) is 28.0. The Morgan fingerprint density at radius 3 is 2.16 bits per heavy atom. The van der Waals surface area contributed by atoms with Gasteiger partial charge in [0.1, 0.15) is 30.1 Å². The van der Waals surface area contributed by atoms with Crippen molar-refractivity contribution in [3.8, 4) is 5.69 Å². The van der Waals surface area contributed by atoms with Crippen LogP contribution in [-0.2, 0) is 42.9 Å². The van der Waals surface area contributed by atoms with Gasteiger partial charge < -0.3 is 39.2 Å². The van der Waals surface area contributed by atoms with Gasteiger partial charge in [-0.1, -0.05) is 84.0 Å². The molecule has 18 nitrogen and oxygen atoms in total. The number of fused-ring (bicyclic) bond motifs is 15. The van der Waals surface area contributed by atoms with E-state index in [1.807, 2.05) is 45.9 Å². The first kappa shape index (κ1) is 59.5. The lowest BCUT2D eigenvalue weighted by Crippen LogP contribution is -2.61. The third-order valence-corrected chi connectivity index (χ3v) is 17.6. The van der Waals surface area contributed by atoms with Gasteiger partial charge in [0.2, 0.25) is 5.79 Å². The summed E-state index contributed by atoms with van der Waals surface area (Å²) in [7, 11) is 2.84. The van der Waals surface area contributed by atoms with Crippen LogP contribution >= 0.6 is 0 Å². The fourth-order valence-corrected chi connectivity index (χ4v) is 12.7. The van der Waals surface area contributed by atoms with Gasteiger partial charge in [-0.15, -0.1) is 0 Å². The number of hydrogen-bond donors (Lipinski definition) is 3. The molecular weight excluding hydrogens is 989 g/mol. The number of amides is 1. The summed E-state index contributed by atoms with van der Waals surface area (Å²) >= 11 is 0. The minimum absolute atomic E-state index is 0.0452. The van der Waals surface area contributed by atoms with E-state index in [0.717, 1.165) is 17.4 Å². The summed E-state index contributed by atoms with van der Waals surface area (Å²) in [6.07, 6.45) is 6.42. The largest absolute Gasteiger partial charge is 0.460 e. The molecule has 2 saturated heterocycles. The molecule has 1 saturated carbocycles. The van der Waals surface area contributed by atoms with Crippen molar-refractivity contribution < 1.29 is 58.2 Å². The molecule has 17 atom stereocenters. The fraction of sp³-hybridized carbons (Fsp3) is 0.678. The maximum atomic E-state index is 14.6. The summed E-state index contributed by atoms with van der Waals surface area (Å²) < 4.78 is 28.2. The molecule has 2 aromatic rings. The number of allylic oxidation sites excluding steroid dienone is 4. The van der Waals surface area contributed by atoms with Gasteiger partial charge in [0.15, 0.2) is 5.78 Å². The highest BCUT2D eigenvalue weighted by atomic mass is 16.6. The average Bonchev–Trinajstić information content (AvgIpc) is 3.68. The van der Waals surface area contributed by atoms with Gasteiger partial charge in [-0.25, -0.2) is 28.3 Å². The van der Waals surface area contributed by atoms with E-state index in [4.69, 9.17) is 18.9 Å². The molecule has 1 aliphatic carbocycles. The molecule has 3 N–H and O–H groups in total. The number of esters is 1. The monoisotopic (exact) mass is 1070 g/mol. The number of nitrogens with zero attached hydrogens (tertiary/aromatic N) is 4. The number of aliphatic hydroxyl groups is 3. The van der Waals surface area contributed by atoms with Crippen molar-refractivity contribution in [2.75, 3.05) is 20.8 Å². The molecule has 6 heterocycles. The van der Waals surface area contributed by atoms with Gasteiger partial charge in [0.05, 0.1) is 36.1 Å². The average molecular weight is 1070 g/mol. The first-order valence-corrected chi connectivity index (χ1v) is 28.0. The number of ether oxygens (including phenoxy) is 4. The molecule has 0 radical (unpaired) electrons. The predicted octanol–water partition coefficient (Wildman–Crippen LogP) is 6.16. The molecule has 424 valence electrons. The van der Waals surface area contributed by atoms with Crippen LogP contribution in [0.3, 0.4) is 0 Å². The van der Waals surface area contributed by atoms with Crippen LogP contribution in [0, 0.1) is 41.4 Å². The van der Waals surface area contributed by atoms with Crippen molar-refractivity contribution in [2.45, 2.75) is 193 Å². The van der Waals surface area contributed by atoms with E-state index in [0.29, 0.717) is 55.4 Å². The minimum atomic E-state index is -2.54. The molecule has 18 heteroatoms. The zero-order chi connectivity index (χ0) is 56.2. The standard InChI is InChI=1S/C59H84N4O14/c1-33-26-38(6)51(66)53(75-10)52(67)39(7)27-34(2)48(65)32-50(36(4)29-41-20-24-47(64)35(3)28-41)76-56(70)46-18-14-15-25-60(46)55(69)54(68)59(73)40(8)19-22-44(77-59)31-49(74-9)37(5)30-43-21-23-45(33)63-58(72)61(57(71)62(43)63)42-16-12-11-13-17-42/h11-13,16-17,21,23,27,30,33-36,38,40-41,43-47,49-50,52-53,64,67,73H,14-15,18-20,22,24-26,28-29,31-32H2,1-10H3/b37-30?,39-27+/t33-,34+,35+,36+,38+,40+,41+,43?,44-,45?,46-,47+,49-,50-,52+,53-,59+/m0/s1. The van der Waals surface area contributed by atoms with E-state index < -0.39 is 119 Å². The van der Waals surface area contributed by atoms with Gasteiger partial charge >= 0.3 is 17.3 Å². The van der Waals surface area contributed by atoms with Crippen LogP contribution < -0.4 is 11.4 Å². The maximum Gasteiger partial charge on any atom is 0.352 e. The van der Waals surface area contributed by atoms with E-state index in [2.05, 4.69) is 0 Å². The van der Waals surface area contributed by atoms with Crippen LogP contribution in [0.1, 0.15) is 145 Å². The summed E-state index contributed by atoms with van der Waals surface area (Å²) in [4.78, 5) is 102. The van der Waals surface area contributed by atoms with Crippen molar-refractivity contribution in [3.05, 3.63) is 86.8 Å². The van der Waals surface area contributed by atoms with E-state index in [-0.39, 0.29) is 55.8 Å². The summed E-state index contributed by atoms with van der Waals surface area (Å²) in [5, 5.41) is 34.5. The molecule has 3 fully saturated rings. The Bertz CT molecular complexity index is 2670. The third-order valence-electron chi connectivity index (χ3n) is 17.6. The van der Waals surface area contributed by atoms with E-state index in [1.165, 1.54) is 28.5 Å². The van der Waals surface area contributed by atoms with E-state index in [1.54, 1.807) is 64.1 Å². The lowest BCUT2D eigenvalue weighted by Gasteiger charge is -2.42. The Morgan fingerprint density at radius 1 is 0.779 bits per heavy atom. The highest BCUT2D eigenvalue weighted by Crippen LogP contribution is 2.39. The molecule has 2 unspecified atom stereocenters. The zero-order valence-corrected chi connectivity index (χ0v) is 46.7. The van der Waals surface area contributed by atoms with Crippen molar-refractivity contribution in [1.29, 1.82) is 0 Å². The predicted molar refractivity (Wildman–Crippen MR) is 287 cm³/mol. The lowest BCUT2D eigenvalue weighted by atomic mass is 9.75. The number of ketones is 3. The van der Waals surface area contributed by atoms with Gasteiger partial charge in [-0.3, -0.25) is 19.2 Å². The zero-order valence-electron chi connectivity index (χ0n) is 46.7. The SMILES string of the molecule is CO[C@H]1C[C@@H]2CC[C@@H](C)[C@@](O)(O2)C(=O)C(=O)N2CCCC[C@H]2C(=O)O[C@H]([C@H](C)C[C@@H]2CC[C@@H](O)[C@H](C)C2)CC(=O)[C@H](C)/C=C(\C)[C@@H](O)[C@@H](OC)C(=O)[C@H](C)C[C@H](C)C2C=CC(C=C1C)n1c(=O)n(-c3ccccc3)c(=O)n12. The molecule has 8 rings (SSSR count). The summed E-state index contributed by atoms with van der Waals surface area (Å²) in [6.45, 7) is 14.3. The summed E-state index contributed by atoms with van der Waals surface area (Å²) in [5.74, 6) is -9.06. The van der Waals surface area contributed by atoms with Gasteiger partial charge in [-0.2, -0.15) is 0 Å². The second-order valence-electron chi connectivity index (χ2n) is 23.3. The topological polar surface area (TPSA) is 235 Å². The number of benzene rings is 1. The maximum absolute atomic E-state index is 14.6. The van der Waals surface area contributed by atoms with Crippen LogP contribution in [-0.4, -0.2) is 133 Å². The number of hydrogen-bond acceptors (Lipinski definition) is 14. The molecule has 1 aromatic heterocycles. The van der Waals surface area contributed by atoms with Crippen molar-refractivity contribution in [1.82, 2.24) is 18.8 Å². The van der Waals surface area contributed by atoms with Gasteiger partial charge in [-0.05, 0) is 125 Å². The number of methoxy groups -OCH3 is 2. The summed E-state index contributed by atoms with van der Waals surface area (Å²) in [6, 6.07) is 5.94. The quantitative estimate of drug-likeness (QED) is 0.167. The van der Waals surface area contributed by atoms with Crippen molar-refractivity contribution in [2.24, 2.45) is 41.4 Å². The number of carbonyl (C=O) groups is 5. The fourth-order valence-electron chi connectivity index (χ4n) is 12.7. The molecule has 5 aliphatic heterocycles. The molecule has 1 aromatic carbocycles. The smallest absolute Gasteiger partial charge is 0.352 e. The Kier molecular flexibility index (Phi) is 19.6. The molecule has 4 bridgehead atoms. The number of rotatable bonds is 6. The Labute approximate surface area is 452 Å². The van der Waals surface area contributed by atoms with Crippen molar-refractivity contribution in [3.63, 3.8) is 0 Å². The van der Waals surface area contributed by atoms with Crippen LogP contribution in [0.4, 0.5) is 0 Å². The first-order chi connectivity index (χ1) is 36.5. The number of piperidine rings is 1. The molecule has 6 aliphatic rings. The number of carbonyl (C=O) groups excluding carboxylic acids is 5. The van der Waals surface area contributed by atoms with E-state index in [9.17, 15) is 48.9 Å². The van der Waals surface area contributed by atoms with Crippen molar-refractivity contribution >= 4 is 29.2 Å². The minimum Gasteiger partial charge on any atom is -0.460 e. The highest BCUT2D eigenvalue weighted by Gasteiger charge is 2.53. The normalized spacial score (nSPS) is 36.8. The molecule has 0 spiro atoms. The van der Waals surface area contributed by atoms with Gasteiger partial charge in [0, 0.05) is 51.4 Å². The number of Topliss-reactive ketones (excluding diaryl/α,β-unsaturated/α-hetero) is 3. The second kappa shape index (κ2) is 25.3. The van der Waals surface area contributed by atoms with Gasteiger partial charge in [0.25, 0.3) is 11.7 Å². The lowest BCUT2D eigenvalue weighted by molar-refractivity contribution is -0.265. The second-order valence-corrected chi connectivity index (χ2v) is 23.3. The van der Waals surface area contributed by atoms with Crippen LogP contribution in [0.25, 0.3) is 5.69 Å². The Morgan fingerprint density at radius 2 is 1.48 bits per heavy atom. The number of aromatic nitrogens is 3. The molecule has 77 heavy (non-hydrogen) atoms. The molecular formula is C59H84N4O14. The Hall–Kier alpha value is -5.11. The van der Waals surface area contributed by atoms with Crippen LogP contribution in [0.2, 0.25) is 0 Å². The Balaban J connectivity index is 1.27. The van der Waals surface area contributed by atoms with E-state index >= 15 is 0 Å². The van der Waals surface area contributed by atoms with Crippen LogP contribution in [0.5, 0.6) is 0 Å². The number of aliphatic hydroxyl groups excluding tert-OH is 2. The third kappa shape index (κ3) is 12.8. The molecule has 1 amide bonds. The summed E-state index contributed by atoms with van der Waals surface area (Å²) in [5.41, 5.74) is 0.166. The highest BCUT2D eigenvalue weighted by molar-refractivity contribution is 6.39. The van der Waals surface area contributed by atoms with Crippen LogP contribution in [0.15, 0.2) is 75.4 Å².